The maximum absolute atomic E-state index is 12.9. The standard InChI is InChI=1S/C23H31N5O/c1-3-19-8-4-5-10-28(19)22-17-24-21(16-25-22)23(29)27-13-11-26(12-14-27)20-9-6-7-18(2)15-20/h6-7,9,15-17,19H,3-5,8,10-14H2,1-2H3. The van der Waals surface area contributed by atoms with E-state index in [4.69, 9.17) is 0 Å². The summed E-state index contributed by atoms with van der Waals surface area (Å²) in [7, 11) is 0. The minimum Gasteiger partial charge on any atom is -0.368 e. The first-order valence-electron chi connectivity index (χ1n) is 10.9. The molecule has 0 N–H and O–H groups in total. The van der Waals surface area contributed by atoms with Crippen molar-refractivity contribution in [3.05, 3.63) is 47.9 Å². The lowest BCUT2D eigenvalue weighted by Crippen LogP contribution is -2.49. The Balaban J connectivity index is 1.37. The molecule has 3 heterocycles. The molecule has 0 bridgehead atoms. The first-order chi connectivity index (χ1) is 14.2. The minimum atomic E-state index is -0.0152. The number of hydrogen-bond donors (Lipinski definition) is 0. The van der Waals surface area contributed by atoms with Crippen LogP contribution in [0.5, 0.6) is 0 Å². The predicted molar refractivity (Wildman–Crippen MR) is 117 cm³/mol. The second-order valence-corrected chi connectivity index (χ2v) is 8.13. The first kappa shape index (κ1) is 19.7. The predicted octanol–water partition coefficient (Wildman–Crippen LogP) is 3.52. The quantitative estimate of drug-likeness (QED) is 0.796. The third-order valence-corrected chi connectivity index (χ3v) is 6.18. The number of hydrogen-bond acceptors (Lipinski definition) is 5. The largest absolute Gasteiger partial charge is 0.368 e. The average molecular weight is 394 g/mol. The fourth-order valence-corrected chi connectivity index (χ4v) is 4.46. The highest BCUT2D eigenvalue weighted by Gasteiger charge is 2.25. The van der Waals surface area contributed by atoms with E-state index in [2.05, 4.69) is 57.9 Å². The van der Waals surface area contributed by atoms with Crippen LogP contribution in [0.1, 0.15) is 48.7 Å². The fraction of sp³-hybridized carbons (Fsp3) is 0.522. The average Bonchev–Trinajstić information content (AvgIpc) is 2.79. The van der Waals surface area contributed by atoms with Crippen LogP contribution in [0.15, 0.2) is 36.7 Å². The molecule has 0 spiro atoms. The van der Waals surface area contributed by atoms with Crippen molar-refractivity contribution in [2.45, 2.75) is 45.6 Å². The number of benzene rings is 1. The van der Waals surface area contributed by atoms with E-state index in [0.29, 0.717) is 24.8 Å². The summed E-state index contributed by atoms with van der Waals surface area (Å²) in [5.41, 5.74) is 2.94. The lowest BCUT2D eigenvalue weighted by atomic mass is 10.0. The Kier molecular flexibility index (Phi) is 5.97. The van der Waals surface area contributed by atoms with E-state index in [1.807, 2.05) is 4.90 Å². The molecule has 0 radical (unpaired) electrons. The van der Waals surface area contributed by atoms with Crippen LogP contribution in [-0.2, 0) is 0 Å². The number of rotatable bonds is 4. The van der Waals surface area contributed by atoms with Gasteiger partial charge in [0.05, 0.1) is 12.4 Å². The molecule has 1 atom stereocenters. The lowest BCUT2D eigenvalue weighted by molar-refractivity contribution is 0.0740. The van der Waals surface area contributed by atoms with Crippen LogP contribution in [0.25, 0.3) is 0 Å². The highest BCUT2D eigenvalue weighted by atomic mass is 16.2. The first-order valence-corrected chi connectivity index (χ1v) is 10.9. The van der Waals surface area contributed by atoms with Gasteiger partial charge in [0.1, 0.15) is 11.5 Å². The van der Waals surface area contributed by atoms with Gasteiger partial charge in [0, 0.05) is 44.5 Å². The van der Waals surface area contributed by atoms with Crippen LogP contribution in [0.2, 0.25) is 0 Å². The van der Waals surface area contributed by atoms with Crippen molar-refractivity contribution in [3.8, 4) is 0 Å². The molecule has 6 heteroatoms. The van der Waals surface area contributed by atoms with Crippen LogP contribution in [0.4, 0.5) is 11.5 Å². The molecule has 1 aromatic carbocycles. The molecule has 6 nitrogen and oxygen atoms in total. The Morgan fingerprint density at radius 3 is 2.59 bits per heavy atom. The van der Waals surface area contributed by atoms with E-state index in [1.54, 1.807) is 12.4 Å². The van der Waals surface area contributed by atoms with Gasteiger partial charge in [-0.2, -0.15) is 0 Å². The number of carbonyl (C=O) groups excluding carboxylic acids is 1. The fourth-order valence-electron chi connectivity index (χ4n) is 4.46. The molecule has 0 saturated carbocycles. The van der Waals surface area contributed by atoms with Gasteiger partial charge in [0.2, 0.25) is 0 Å². The topological polar surface area (TPSA) is 52.6 Å². The van der Waals surface area contributed by atoms with Gasteiger partial charge in [0.15, 0.2) is 0 Å². The Morgan fingerprint density at radius 2 is 1.90 bits per heavy atom. The second-order valence-electron chi connectivity index (χ2n) is 8.13. The monoisotopic (exact) mass is 393 g/mol. The molecule has 29 heavy (non-hydrogen) atoms. The van der Waals surface area contributed by atoms with Gasteiger partial charge in [-0.15, -0.1) is 0 Å². The van der Waals surface area contributed by atoms with E-state index >= 15 is 0 Å². The molecule has 154 valence electrons. The van der Waals surface area contributed by atoms with Crippen molar-refractivity contribution in [2.24, 2.45) is 0 Å². The van der Waals surface area contributed by atoms with Crippen molar-refractivity contribution < 1.29 is 4.79 Å². The number of carbonyl (C=O) groups is 1. The highest BCUT2D eigenvalue weighted by molar-refractivity contribution is 5.92. The van der Waals surface area contributed by atoms with Crippen molar-refractivity contribution in [1.82, 2.24) is 14.9 Å². The van der Waals surface area contributed by atoms with Crippen LogP contribution < -0.4 is 9.80 Å². The maximum atomic E-state index is 12.9. The molecule has 0 aliphatic carbocycles. The molecule has 2 aliphatic heterocycles. The van der Waals surface area contributed by atoms with E-state index in [1.165, 1.54) is 30.5 Å². The Labute approximate surface area is 173 Å². The van der Waals surface area contributed by atoms with Crippen LogP contribution in [0.3, 0.4) is 0 Å². The number of amides is 1. The van der Waals surface area contributed by atoms with E-state index in [-0.39, 0.29) is 5.91 Å². The SMILES string of the molecule is CCC1CCCCN1c1cnc(C(=O)N2CCN(c3cccc(C)c3)CC2)cn1. The summed E-state index contributed by atoms with van der Waals surface area (Å²) in [5.74, 6) is 0.885. The second kappa shape index (κ2) is 8.80. The van der Waals surface area contributed by atoms with Crippen LogP contribution >= 0.6 is 0 Å². The van der Waals surface area contributed by atoms with E-state index in [0.717, 1.165) is 31.9 Å². The summed E-state index contributed by atoms with van der Waals surface area (Å²) in [6.45, 7) is 8.46. The van der Waals surface area contributed by atoms with Gasteiger partial charge >= 0.3 is 0 Å². The summed E-state index contributed by atoms with van der Waals surface area (Å²) in [6.07, 6.45) is 8.26. The summed E-state index contributed by atoms with van der Waals surface area (Å²) in [5, 5.41) is 0. The molecule has 2 aromatic rings. The Hall–Kier alpha value is -2.63. The normalized spacial score (nSPS) is 20.1. The zero-order chi connectivity index (χ0) is 20.2. The van der Waals surface area contributed by atoms with Gasteiger partial charge < -0.3 is 14.7 Å². The minimum absolute atomic E-state index is 0.0152. The molecule has 2 aliphatic rings. The third kappa shape index (κ3) is 4.36. The van der Waals surface area contributed by atoms with E-state index in [9.17, 15) is 4.79 Å². The Morgan fingerprint density at radius 1 is 1.07 bits per heavy atom. The summed E-state index contributed by atoms with van der Waals surface area (Å²) in [6, 6.07) is 9.07. The zero-order valence-electron chi connectivity index (χ0n) is 17.5. The number of aryl methyl sites for hydroxylation is 1. The molecule has 2 saturated heterocycles. The summed E-state index contributed by atoms with van der Waals surface area (Å²) >= 11 is 0. The highest BCUT2D eigenvalue weighted by Crippen LogP contribution is 2.24. The van der Waals surface area contributed by atoms with Crippen molar-refractivity contribution in [3.63, 3.8) is 0 Å². The number of piperazine rings is 1. The number of nitrogens with zero attached hydrogens (tertiary/aromatic N) is 5. The van der Waals surface area contributed by atoms with Gasteiger partial charge in [-0.3, -0.25) is 4.79 Å². The number of anilines is 2. The molecule has 1 unspecified atom stereocenters. The van der Waals surface area contributed by atoms with Crippen LogP contribution in [0, 0.1) is 6.92 Å². The van der Waals surface area contributed by atoms with Crippen molar-refractivity contribution >= 4 is 17.4 Å². The Bertz CT molecular complexity index is 829. The van der Waals surface area contributed by atoms with Crippen LogP contribution in [-0.4, -0.2) is 59.5 Å². The third-order valence-electron chi connectivity index (χ3n) is 6.18. The molecule has 4 rings (SSSR count). The molecule has 2 fully saturated rings. The summed E-state index contributed by atoms with van der Waals surface area (Å²) < 4.78 is 0. The summed E-state index contributed by atoms with van der Waals surface area (Å²) in [4.78, 5) is 28.6. The molecule has 1 amide bonds. The van der Waals surface area contributed by atoms with E-state index < -0.39 is 0 Å². The maximum Gasteiger partial charge on any atom is 0.274 e. The van der Waals surface area contributed by atoms with Gasteiger partial charge in [-0.25, -0.2) is 9.97 Å². The van der Waals surface area contributed by atoms with Crippen molar-refractivity contribution in [1.29, 1.82) is 0 Å². The number of piperidine rings is 1. The van der Waals surface area contributed by atoms with Crippen molar-refractivity contribution in [2.75, 3.05) is 42.5 Å². The lowest BCUT2D eigenvalue weighted by Gasteiger charge is -2.36. The van der Waals surface area contributed by atoms with Gasteiger partial charge in [-0.05, 0) is 50.3 Å². The number of aromatic nitrogens is 2. The smallest absolute Gasteiger partial charge is 0.274 e. The molecular formula is C23H31N5O. The van der Waals surface area contributed by atoms with Gasteiger partial charge in [0.25, 0.3) is 5.91 Å². The van der Waals surface area contributed by atoms with Gasteiger partial charge in [-0.1, -0.05) is 19.1 Å². The molecule has 1 aromatic heterocycles. The molecular weight excluding hydrogens is 362 g/mol. The zero-order valence-corrected chi connectivity index (χ0v) is 17.5.